The van der Waals surface area contributed by atoms with Crippen LogP contribution in [0.1, 0.15) is 16.8 Å². The molecule has 1 N–H and O–H groups in total. The maximum atomic E-state index is 6.17. The van der Waals surface area contributed by atoms with E-state index in [1.807, 2.05) is 36.5 Å². The van der Waals surface area contributed by atoms with Gasteiger partial charge in [-0.2, -0.15) is 0 Å². The van der Waals surface area contributed by atoms with Gasteiger partial charge in [0.25, 0.3) is 0 Å². The molecule has 0 saturated carbocycles. The number of hydrogen-bond acceptors (Lipinski definition) is 3. The Balaban J connectivity index is 1.88. The number of ether oxygens (including phenoxy) is 2. The number of pyridine rings is 1. The fraction of sp³-hybridized carbons (Fsp3) is 0.136. The zero-order valence-electron chi connectivity index (χ0n) is 14.7. The summed E-state index contributed by atoms with van der Waals surface area (Å²) in [4.78, 5) is 7.93. The van der Waals surface area contributed by atoms with E-state index in [1.165, 1.54) is 0 Å². The summed E-state index contributed by atoms with van der Waals surface area (Å²) in [5.41, 5.74) is 4.97. The van der Waals surface area contributed by atoms with Crippen LogP contribution in [-0.4, -0.2) is 17.1 Å². The minimum Gasteiger partial charge on any atom is -0.488 e. The Kier molecular flexibility index (Phi) is 4.42. The Hall–Kier alpha value is -3.11. The molecule has 26 heavy (non-hydrogen) atoms. The average Bonchev–Trinajstić information content (AvgIpc) is 3.07. The number of aromatic amines is 1. The van der Waals surface area contributed by atoms with Gasteiger partial charge in [0.1, 0.15) is 12.4 Å². The van der Waals surface area contributed by atoms with E-state index in [0.29, 0.717) is 13.2 Å². The summed E-state index contributed by atoms with van der Waals surface area (Å²) in [5.74, 6) is 0.844. The molecule has 0 amide bonds. The van der Waals surface area contributed by atoms with Crippen LogP contribution in [0.4, 0.5) is 0 Å². The maximum Gasteiger partial charge on any atom is 0.129 e. The van der Waals surface area contributed by atoms with Crippen LogP contribution in [0.3, 0.4) is 0 Å². The molecule has 0 bridgehead atoms. The number of H-pyrrole nitrogens is 1. The van der Waals surface area contributed by atoms with Crippen molar-refractivity contribution in [1.82, 2.24) is 9.97 Å². The third kappa shape index (κ3) is 2.85. The molecule has 0 saturated heterocycles. The molecule has 0 unspecified atom stereocenters. The lowest BCUT2D eigenvalue weighted by Crippen LogP contribution is -1.97. The Morgan fingerprint density at radius 1 is 1.00 bits per heavy atom. The first-order valence-electron chi connectivity index (χ1n) is 8.52. The molecular weight excluding hydrogens is 324 g/mol. The van der Waals surface area contributed by atoms with E-state index in [4.69, 9.17) is 9.47 Å². The van der Waals surface area contributed by atoms with Crippen molar-refractivity contribution in [2.24, 2.45) is 0 Å². The second-order valence-electron chi connectivity index (χ2n) is 6.13. The molecule has 0 spiro atoms. The van der Waals surface area contributed by atoms with Crippen molar-refractivity contribution in [1.29, 1.82) is 0 Å². The molecule has 0 aliphatic heterocycles. The van der Waals surface area contributed by atoms with Gasteiger partial charge in [-0.15, -0.1) is 0 Å². The van der Waals surface area contributed by atoms with Crippen LogP contribution in [0, 0.1) is 0 Å². The molecule has 4 heteroatoms. The van der Waals surface area contributed by atoms with Crippen LogP contribution in [-0.2, 0) is 18.0 Å². The van der Waals surface area contributed by atoms with Crippen LogP contribution in [0.25, 0.3) is 27.9 Å². The van der Waals surface area contributed by atoms with Crippen LogP contribution in [0.2, 0.25) is 0 Å². The normalized spacial score (nSPS) is 11.1. The number of benzene rings is 2. The lowest BCUT2D eigenvalue weighted by molar-refractivity contribution is 0.185. The number of hydrogen-bond donors (Lipinski definition) is 1. The van der Waals surface area contributed by atoms with Crippen molar-refractivity contribution in [3.63, 3.8) is 0 Å². The summed E-state index contributed by atoms with van der Waals surface area (Å²) in [5, 5.41) is 2.13. The Morgan fingerprint density at radius 2 is 1.85 bits per heavy atom. The van der Waals surface area contributed by atoms with Crippen LogP contribution in [0.5, 0.6) is 5.75 Å². The number of fused-ring (bicyclic) bond motifs is 3. The molecule has 0 radical (unpaired) electrons. The molecule has 0 aliphatic carbocycles. The molecule has 4 aromatic rings. The van der Waals surface area contributed by atoms with Crippen LogP contribution < -0.4 is 4.74 Å². The van der Waals surface area contributed by atoms with Gasteiger partial charge in [0.2, 0.25) is 0 Å². The van der Waals surface area contributed by atoms with Gasteiger partial charge in [0, 0.05) is 23.4 Å². The SMILES string of the molecule is C=Cc1ncc2[nH]c3cccc(OCc4ccccc4)c3c2c1COC. The highest BCUT2D eigenvalue weighted by atomic mass is 16.5. The fourth-order valence-corrected chi connectivity index (χ4v) is 3.31. The highest BCUT2D eigenvalue weighted by Crippen LogP contribution is 2.36. The number of nitrogens with one attached hydrogen (secondary N) is 1. The zero-order valence-corrected chi connectivity index (χ0v) is 14.7. The average molecular weight is 344 g/mol. The second-order valence-corrected chi connectivity index (χ2v) is 6.13. The minimum atomic E-state index is 0.464. The standard InChI is InChI=1S/C22H20N2O2/c1-3-17-16(14-25-2)21-19(12-23-17)24-18-10-7-11-20(22(18)21)26-13-15-8-5-4-6-9-15/h3-12,24H,1,13-14H2,2H3. The second kappa shape index (κ2) is 7.02. The number of aromatic nitrogens is 2. The van der Waals surface area contributed by atoms with Gasteiger partial charge in [-0.3, -0.25) is 4.98 Å². The van der Waals surface area contributed by atoms with E-state index in [1.54, 1.807) is 13.2 Å². The first kappa shape index (κ1) is 16.4. The molecule has 2 aromatic carbocycles. The maximum absolute atomic E-state index is 6.17. The van der Waals surface area contributed by atoms with E-state index < -0.39 is 0 Å². The zero-order chi connectivity index (χ0) is 17.9. The lowest BCUT2D eigenvalue weighted by atomic mass is 10.1. The molecule has 2 aromatic heterocycles. The Bertz CT molecular complexity index is 1070. The van der Waals surface area contributed by atoms with Crippen molar-refractivity contribution in [2.45, 2.75) is 13.2 Å². The fourth-order valence-electron chi connectivity index (χ4n) is 3.31. The van der Waals surface area contributed by atoms with Gasteiger partial charge >= 0.3 is 0 Å². The quantitative estimate of drug-likeness (QED) is 0.530. The largest absolute Gasteiger partial charge is 0.488 e. The van der Waals surface area contributed by atoms with Gasteiger partial charge in [-0.05, 0) is 23.8 Å². The molecule has 4 rings (SSSR count). The van der Waals surface area contributed by atoms with Gasteiger partial charge < -0.3 is 14.5 Å². The van der Waals surface area contributed by atoms with Gasteiger partial charge in [0.15, 0.2) is 0 Å². The van der Waals surface area contributed by atoms with Gasteiger partial charge in [-0.25, -0.2) is 0 Å². The van der Waals surface area contributed by atoms with Crippen molar-refractivity contribution >= 4 is 27.9 Å². The summed E-state index contributed by atoms with van der Waals surface area (Å²) in [6.45, 7) is 4.87. The molecule has 4 nitrogen and oxygen atoms in total. The third-order valence-corrected chi connectivity index (χ3v) is 4.48. The lowest BCUT2D eigenvalue weighted by Gasteiger charge is -2.10. The first-order valence-corrected chi connectivity index (χ1v) is 8.52. The topological polar surface area (TPSA) is 47.1 Å². The molecule has 130 valence electrons. The summed E-state index contributed by atoms with van der Waals surface area (Å²) in [7, 11) is 1.69. The van der Waals surface area contributed by atoms with Gasteiger partial charge in [-0.1, -0.05) is 43.0 Å². The van der Waals surface area contributed by atoms with Crippen LogP contribution in [0.15, 0.2) is 61.3 Å². The first-order chi connectivity index (χ1) is 12.8. The number of rotatable bonds is 6. The molecule has 2 heterocycles. The monoisotopic (exact) mass is 344 g/mol. The van der Waals surface area contributed by atoms with Crippen molar-refractivity contribution in [3.05, 3.63) is 78.1 Å². The Labute approximate surface area is 152 Å². The molecule has 0 fully saturated rings. The van der Waals surface area contributed by atoms with E-state index in [-0.39, 0.29) is 0 Å². The van der Waals surface area contributed by atoms with Crippen molar-refractivity contribution < 1.29 is 9.47 Å². The highest BCUT2D eigenvalue weighted by Gasteiger charge is 2.16. The summed E-state index contributed by atoms with van der Waals surface area (Å²) < 4.78 is 11.6. The third-order valence-electron chi connectivity index (χ3n) is 4.48. The number of methoxy groups -OCH3 is 1. The molecule has 0 aliphatic rings. The predicted octanol–water partition coefficient (Wildman–Crippen LogP) is 5.08. The van der Waals surface area contributed by atoms with E-state index in [0.717, 1.165) is 44.4 Å². The predicted molar refractivity (Wildman–Crippen MR) is 105 cm³/mol. The van der Waals surface area contributed by atoms with Crippen molar-refractivity contribution in [3.8, 4) is 5.75 Å². The summed E-state index contributed by atoms with van der Waals surface area (Å²) in [6.07, 6.45) is 3.60. The van der Waals surface area contributed by atoms with Crippen molar-refractivity contribution in [2.75, 3.05) is 7.11 Å². The Morgan fingerprint density at radius 3 is 2.62 bits per heavy atom. The highest BCUT2D eigenvalue weighted by molar-refractivity contribution is 6.12. The summed E-state index contributed by atoms with van der Waals surface area (Å²) >= 11 is 0. The van der Waals surface area contributed by atoms with Gasteiger partial charge in [0.05, 0.1) is 29.5 Å². The molecular formula is C22H20N2O2. The van der Waals surface area contributed by atoms with Crippen LogP contribution >= 0.6 is 0 Å². The minimum absolute atomic E-state index is 0.464. The summed E-state index contributed by atoms with van der Waals surface area (Å²) in [6, 6.07) is 16.2. The van der Waals surface area contributed by atoms with E-state index >= 15 is 0 Å². The van der Waals surface area contributed by atoms with E-state index in [9.17, 15) is 0 Å². The van der Waals surface area contributed by atoms with E-state index in [2.05, 4.69) is 34.7 Å². The molecule has 0 atom stereocenters. The number of nitrogens with zero attached hydrogens (tertiary/aromatic N) is 1. The smallest absolute Gasteiger partial charge is 0.129 e.